The number of hydrogen-bond acceptors (Lipinski definition) is 13. The first-order valence-corrected chi connectivity index (χ1v) is 26.3. The number of aliphatic hydroxyl groups is 3. The lowest BCUT2D eigenvalue weighted by Gasteiger charge is -2.19. The molecular weight excluding hydrogens is 890 g/mol. The number of aliphatic hydroxyl groups excluding tert-OH is 3. The van der Waals surface area contributed by atoms with Crippen LogP contribution >= 0.6 is 15.6 Å². The zero-order chi connectivity index (χ0) is 48.8. The minimum Gasteiger partial charge on any atom is -0.463 e. The van der Waals surface area contributed by atoms with Crippen molar-refractivity contribution >= 4 is 27.6 Å². The van der Waals surface area contributed by atoms with E-state index in [2.05, 4.69) is 117 Å². The van der Waals surface area contributed by atoms with Gasteiger partial charge in [0.25, 0.3) is 0 Å². The van der Waals surface area contributed by atoms with Crippen LogP contribution in [-0.2, 0) is 46.3 Å². The van der Waals surface area contributed by atoms with Gasteiger partial charge in [-0.1, -0.05) is 142 Å². The molecule has 0 rings (SSSR count). The first-order chi connectivity index (χ1) is 31.8. The Balaban J connectivity index is 3.99. The second-order valence-electron chi connectivity index (χ2n) is 15.1. The molecule has 0 aromatic carbocycles. The van der Waals surface area contributed by atoms with Crippen LogP contribution in [-0.4, -0.2) is 95.0 Å². The van der Waals surface area contributed by atoms with Crippen LogP contribution in [0.4, 0.5) is 0 Å². The van der Waals surface area contributed by atoms with Crippen LogP contribution in [0.3, 0.4) is 0 Å². The van der Waals surface area contributed by atoms with Gasteiger partial charge in [0.2, 0.25) is 0 Å². The highest BCUT2D eigenvalue weighted by Gasteiger charge is 2.28. The van der Waals surface area contributed by atoms with Gasteiger partial charge in [-0.15, -0.1) is 0 Å². The minimum atomic E-state index is -4.80. The van der Waals surface area contributed by atoms with Gasteiger partial charge in [-0.3, -0.25) is 27.7 Å². The average Bonchev–Trinajstić information content (AvgIpc) is 3.29. The van der Waals surface area contributed by atoms with E-state index < -0.39 is 85.5 Å². The van der Waals surface area contributed by atoms with Gasteiger partial charge in [-0.2, -0.15) is 0 Å². The highest BCUT2D eigenvalue weighted by Crippen LogP contribution is 2.45. The van der Waals surface area contributed by atoms with Crippen molar-refractivity contribution in [2.24, 2.45) is 0 Å². The fourth-order valence-corrected chi connectivity index (χ4v) is 6.80. The van der Waals surface area contributed by atoms with Crippen molar-refractivity contribution in [1.29, 1.82) is 0 Å². The van der Waals surface area contributed by atoms with Crippen molar-refractivity contribution in [3.05, 3.63) is 109 Å². The van der Waals surface area contributed by atoms with Gasteiger partial charge in [0, 0.05) is 12.8 Å². The monoisotopic (exact) mass is 970 g/mol. The van der Waals surface area contributed by atoms with Crippen LogP contribution in [0, 0.1) is 0 Å². The largest absolute Gasteiger partial charge is 0.472 e. The molecule has 0 aliphatic heterocycles. The second kappa shape index (κ2) is 44.2. The first-order valence-electron chi connectivity index (χ1n) is 23.3. The minimum absolute atomic E-state index is 0.135. The van der Waals surface area contributed by atoms with Gasteiger partial charge < -0.3 is 34.6 Å². The Kier molecular flexibility index (Phi) is 42.0. The molecule has 0 radical (unpaired) electrons. The molecule has 0 saturated carbocycles. The molecular formula is C49H80O15P2. The van der Waals surface area contributed by atoms with Crippen LogP contribution in [0.5, 0.6) is 0 Å². The van der Waals surface area contributed by atoms with Crippen LogP contribution < -0.4 is 0 Å². The Morgan fingerprint density at radius 1 is 0.409 bits per heavy atom. The summed E-state index contributed by atoms with van der Waals surface area (Å²) in [5.41, 5.74) is 0. The van der Waals surface area contributed by atoms with E-state index in [0.29, 0.717) is 12.8 Å². The highest BCUT2D eigenvalue weighted by molar-refractivity contribution is 7.47. The van der Waals surface area contributed by atoms with Gasteiger partial charge in [-0.05, 0) is 83.5 Å². The van der Waals surface area contributed by atoms with E-state index in [1.807, 2.05) is 24.3 Å². The van der Waals surface area contributed by atoms with Crippen LogP contribution in [0.2, 0.25) is 0 Å². The Morgan fingerprint density at radius 3 is 1.17 bits per heavy atom. The maximum absolute atomic E-state index is 12.2. The number of carbonyl (C=O) groups excluding carboxylic acids is 2. The van der Waals surface area contributed by atoms with Gasteiger partial charge >= 0.3 is 27.6 Å². The molecule has 0 saturated heterocycles. The molecule has 5 unspecified atom stereocenters. The molecule has 0 aromatic rings. The SMILES string of the molecule is CC/C=C\C/C=C\C/C=C\C/C=C\C/C=C\C/C=C\CCCCC(=O)OCC(O)COP(=O)(O)OCC(O)COP(=O)(O)OCC(O)COC(=O)CCCCCCC\C=C/C=C/C=C/CC. The van der Waals surface area contributed by atoms with Crippen molar-refractivity contribution in [3.8, 4) is 0 Å². The van der Waals surface area contributed by atoms with E-state index in [1.165, 1.54) is 0 Å². The third-order valence-corrected chi connectivity index (χ3v) is 10.7. The van der Waals surface area contributed by atoms with E-state index in [4.69, 9.17) is 9.47 Å². The Bertz CT molecular complexity index is 1600. The van der Waals surface area contributed by atoms with Crippen molar-refractivity contribution in [2.75, 3.05) is 39.6 Å². The Labute approximate surface area is 394 Å². The zero-order valence-electron chi connectivity index (χ0n) is 39.3. The summed E-state index contributed by atoms with van der Waals surface area (Å²) in [6.07, 6.45) is 48.0. The molecule has 0 aliphatic carbocycles. The molecule has 0 aromatic heterocycles. The van der Waals surface area contributed by atoms with Crippen LogP contribution in [0.15, 0.2) is 109 Å². The van der Waals surface area contributed by atoms with Crippen LogP contribution in [0.1, 0.15) is 129 Å². The molecule has 5 N–H and O–H groups in total. The lowest BCUT2D eigenvalue weighted by atomic mass is 10.1. The molecule has 0 bridgehead atoms. The number of phosphoric acid groups is 2. The summed E-state index contributed by atoms with van der Waals surface area (Å²) in [7, 11) is -9.60. The number of phosphoric ester groups is 2. The number of unbranched alkanes of at least 4 members (excludes halogenated alkanes) is 7. The molecule has 376 valence electrons. The quantitative estimate of drug-likeness (QED) is 0.0126. The summed E-state index contributed by atoms with van der Waals surface area (Å²) in [5, 5.41) is 30.0. The molecule has 15 nitrogen and oxygen atoms in total. The number of hydrogen-bond donors (Lipinski definition) is 5. The number of allylic oxidation sites excluding steroid dienone is 18. The predicted molar refractivity (Wildman–Crippen MR) is 260 cm³/mol. The first kappa shape index (κ1) is 62.7. The van der Waals surface area contributed by atoms with E-state index in [9.17, 15) is 43.8 Å². The number of ether oxygens (including phenoxy) is 2. The molecule has 0 spiro atoms. The maximum atomic E-state index is 12.2. The number of rotatable bonds is 43. The fourth-order valence-electron chi connectivity index (χ4n) is 5.21. The third-order valence-electron chi connectivity index (χ3n) is 8.78. The van der Waals surface area contributed by atoms with E-state index >= 15 is 0 Å². The summed E-state index contributed by atoms with van der Waals surface area (Å²) in [4.78, 5) is 43.7. The fraction of sp³-hybridized carbons (Fsp3) is 0.592. The molecule has 0 aliphatic rings. The smallest absolute Gasteiger partial charge is 0.463 e. The summed E-state index contributed by atoms with van der Waals surface area (Å²) in [6.45, 7) is 0.0503. The normalized spacial score (nSPS) is 16.0. The molecule has 66 heavy (non-hydrogen) atoms. The average molecular weight is 971 g/mol. The Hall–Kier alpha value is -3.30. The van der Waals surface area contributed by atoms with E-state index in [1.54, 1.807) is 0 Å². The summed E-state index contributed by atoms with van der Waals surface area (Å²) >= 11 is 0. The lowest BCUT2D eigenvalue weighted by molar-refractivity contribution is -0.148. The zero-order valence-corrected chi connectivity index (χ0v) is 41.1. The Morgan fingerprint density at radius 2 is 0.727 bits per heavy atom. The number of carbonyl (C=O) groups is 2. The van der Waals surface area contributed by atoms with Gasteiger partial charge in [0.15, 0.2) is 0 Å². The third kappa shape index (κ3) is 45.8. The molecule has 17 heteroatoms. The van der Waals surface area contributed by atoms with Gasteiger partial charge in [0.1, 0.15) is 31.5 Å². The van der Waals surface area contributed by atoms with E-state index in [0.717, 1.165) is 89.9 Å². The van der Waals surface area contributed by atoms with Crippen molar-refractivity contribution in [1.82, 2.24) is 0 Å². The standard InChI is InChI=1S/C49H80O15P2/c1-3-5-7-9-11-13-15-17-18-19-20-21-22-23-24-26-28-30-32-34-36-38-49(54)60-40-46(51)42-62-66(57,58)64-44-47(52)43-63-65(55,56)61-41-45(50)39-59-48(53)37-35-33-31-29-27-25-16-14-12-10-8-6-4-2/h5-8,10-14,16-18,20-21,23-24,28,30,45-47,50-52H,3-4,9,15,19,22,25-27,29,31-44H2,1-2H3,(H,55,56)(H,57,58)/b7-5-,8-6+,12-10+,13-11-,16-14-,18-17-,21-20-,24-23-,30-28-. The van der Waals surface area contributed by atoms with Gasteiger partial charge in [0.05, 0.1) is 26.4 Å². The molecule has 0 fully saturated rings. The number of esters is 2. The van der Waals surface area contributed by atoms with Gasteiger partial charge in [-0.25, -0.2) is 9.13 Å². The lowest BCUT2D eigenvalue weighted by Crippen LogP contribution is -2.25. The summed E-state index contributed by atoms with van der Waals surface area (Å²) in [5.74, 6) is -1.07. The van der Waals surface area contributed by atoms with Crippen molar-refractivity contribution in [3.63, 3.8) is 0 Å². The predicted octanol–water partition coefficient (Wildman–Crippen LogP) is 10.5. The second-order valence-corrected chi connectivity index (χ2v) is 18.0. The molecule has 5 atom stereocenters. The van der Waals surface area contributed by atoms with Crippen molar-refractivity contribution in [2.45, 2.75) is 148 Å². The van der Waals surface area contributed by atoms with E-state index in [-0.39, 0.29) is 12.8 Å². The summed E-state index contributed by atoms with van der Waals surface area (Å²) < 4.78 is 52.9. The maximum Gasteiger partial charge on any atom is 0.472 e. The van der Waals surface area contributed by atoms with Crippen LogP contribution in [0.25, 0.3) is 0 Å². The van der Waals surface area contributed by atoms with Crippen molar-refractivity contribution < 1.29 is 71.4 Å². The summed E-state index contributed by atoms with van der Waals surface area (Å²) in [6, 6.07) is 0. The highest BCUT2D eigenvalue weighted by atomic mass is 31.2. The molecule has 0 amide bonds. The molecule has 0 heterocycles. The topological polar surface area (TPSA) is 225 Å².